The van der Waals surface area contributed by atoms with Crippen molar-refractivity contribution < 1.29 is 14.3 Å². The summed E-state index contributed by atoms with van der Waals surface area (Å²) in [6.45, 7) is 2.22. The average molecular weight is 463 g/mol. The highest BCUT2D eigenvalue weighted by Gasteiger charge is 2.39. The summed E-state index contributed by atoms with van der Waals surface area (Å²) in [4.78, 5) is 17.2. The maximum atomic E-state index is 14.6. The molecule has 2 unspecified atom stereocenters. The molecule has 32 heavy (non-hydrogen) atoms. The molecule has 2 fully saturated rings. The molecule has 5 N–H and O–H groups in total. The molecule has 3 atom stereocenters. The van der Waals surface area contributed by atoms with Crippen molar-refractivity contribution in [2.45, 2.75) is 62.6 Å². The van der Waals surface area contributed by atoms with Crippen molar-refractivity contribution >= 4 is 24.0 Å². The first-order chi connectivity index (χ1) is 14.8. The van der Waals surface area contributed by atoms with Gasteiger partial charge in [0.25, 0.3) is 0 Å². The van der Waals surface area contributed by atoms with E-state index in [1.54, 1.807) is 18.3 Å². The third-order valence-corrected chi connectivity index (χ3v) is 6.74. The van der Waals surface area contributed by atoms with E-state index in [9.17, 15) is 14.3 Å². The van der Waals surface area contributed by atoms with Crippen molar-refractivity contribution in [3.63, 3.8) is 0 Å². The van der Waals surface area contributed by atoms with Gasteiger partial charge in [0.2, 0.25) is 5.91 Å². The lowest BCUT2D eigenvalue weighted by Gasteiger charge is -2.30. The molecule has 174 valence electrons. The second kappa shape index (κ2) is 9.83. The molecule has 1 aliphatic heterocycles. The molecule has 2 aliphatic rings. The van der Waals surface area contributed by atoms with Crippen LogP contribution in [0.4, 0.5) is 10.1 Å². The van der Waals surface area contributed by atoms with E-state index in [-0.39, 0.29) is 24.0 Å². The van der Waals surface area contributed by atoms with Gasteiger partial charge in [0.1, 0.15) is 5.82 Å². The van der Waals surface area contributed by atoms with Gasteiger partial charge in [0.05, 0.1) is 28.6 Å². The third-order valence-electron chi connectivity index (χ3n) is 6.74. The Hall–Kier alpha value is -2.06. The minimum absolute atomic E-state index is 0. The van der Waals surface area contributed by atoms with Crippen molar-refractivity contribution in [3.8, 4) is 0 Å². The summed E-state index contributed by atoms with van der Waals surface area (Å²) in [5, 5.41) is 16.1. The zero-order valence-corrected chi connectivity index (χ0v) is 19.1. The summed E-state index contributed by atoms with van der Waals surface area (Å²) >= 11 is 0. The predicted molar refractivity (Wildman–Crippen MR) is 125 cm³/mol. The summed E-state index contributed by atoms with van der Waals surface area (Å²) in [5.74, 6) is -0.192. The summed E-state index contributed by atoms with van der Waals surface area (Å²) in [5.41, 5.74) is 6.66. The number of nitrogens with one attached hydrogen (secondary N) is 2. The number of nitrogens with zero attached hydrogens (tertiary/aromatic N) is 1. The van der Waals surface area contributed by atoms with Crippen molar-refractivity contribution in [1.29, 1.82) is 0 Å². The van der Waals surface area contributed by atoms with E-state index < -0.39 is 23.0 Å². The number of aromatic nitrogens is 1. The second-order valence-electron chi connectivity index (χ2n) is 9.07. The normalized spacial score (nSPS) is 24.4. The first-order valence-corrected chi connectivity index (χ1v) is 11.1. The molecule has 2 aromatic rings. The summed E-state index contributed by atoms with van der Waals surface area (Å²) in [7, 11) is 0. The number of hydrogen-bond donors (Lipinski definition) is 4. The number of benzene rings is 1. The zero-order valence-electron chi connectivity index (χ0n) is 18.3. The maximum Gasteiger partial charge on any atom is 0.241 e. The Bertz CT molecular complexity index is 943. The molecule has 1 amide bonds. The lowest BCUT2D eigenvalue weighted by atomic mass is 9.82. The molecule has 1 aromatic heterocycles. The number of carbonyl (C=O) groups excluding carboxylic acids is 1. The number of aliphatic hydroxyl groups is 1. The highest BCUT2D eigenvalue weighted by atomic mass is 35.5. The van der Waals surface area contributed by atoms with Crippen LogP contribution in [0, 0.1) is 11.7 Å². The second-order valence-corrected chi connectivity index (χ2v) is 9.07. The summed E-state index contributed by atoms with van der Waals surface area (Å²) in [6.07, 6.45) is 6.68. The fourth-order valence-corrected chi connectivity index (χ4v) is 4.30. The number of halogens is 2. The molecule has 1 aliphatic carbocycles. The van der Waals surface area contributed by atoms with Crippen LogP contribution in [0.5, 0.6) is 0 Å². The van der Waals surface area contributed by atoms with E-state index in [4.69, 9.17) is 5.73 Å². The van der Waals surface area contributed by atoms with E-state index in [0.717, 1.165) is 12.1 Å². The van der Waals surface area contributed by atoms with Gasteiger partial charge >= 0.3 is 0 Å². The molecule has 0 bridgehead atoms. The smallest absolute Gasteiger partial charge is 0.241 e. The number of carbonyl (C=O) groups is 1. The SMILES string of the molecule is CCC1(O)CN[C@@H](C(=O)Nc2cc(C(N)(CCC3CC3)c3ccccn3)ccc2F)C1.Cl. The van der Waals surface area contributed by atoms with Crippen LogP contribution in [0.15, 0.2) is 42.6 Å². The fraction of sp³-hybridized carbons (Fsp3) is 0.500. The molecule has 4 rings (SSSR count). The van der Waals surface area contributed by atoms with E-state index in [2.05, 4.69) is 15.6 Å². The fourth-order valence-electron chi connectivity index (χ4n) is 4.30. The van der Waals surface area contributed by atoms with Crippen molar-refractivity contribution in [1.82, 2.24) is 10.3 Å². The van der Waals surface area contributed by atoms with Crippen LogP contribution >= 0.6 is 12.4 Å². The number of β-amino-alcohol motifs (C(OH)–C–C–N with tert-alkyl or cyclic N) is 1. The number of nitrogens with two attached hydrogens (primary N) is 1. The van der Waals surface area contributed by atoms with Gasteiger partial charge < -0.3 is 21.5 Å². The van der Waals surface area contributed by atoms with Gasteiger partial charge in [-0.1, -0.05) is 31.9 Å². The molecule has 1 saturated heterocycles. The molecule has 2 heterocycles. The van der Waals surface area contributed by atoms with Crippen LogP contribution in [0.25, 0.3) is 0 Å². The van der Waals surface area contributed by atoms with Crippen molar-refractivity contribution in [3.05, 3.63) is 59.7 Å². The molecule has 6 nitrogen and oxygen atoms in total. The lowest BCUT2D eigenvalue weighted by Crippen LogP contribution is -2.39. The Morgan fingerprint density at radius 2 is 2.16 bits per heavy atom. The monoisotopic (exact) mass is 462 g/mol. The van der Waals surface area contributed by atoms with Gasteiger partial charge in [-0.25, -0.2) is 4.39 Å². The first-order valence-electron chi connectivity index (χ1n) is 11.1. The molecule has 0 spiro atoms. The molecule has 8 heteroatoms. The Morgan fingerprint density at radius 1 is 1.38 bits per heavy atom. The Kier molecular flexibility index (Phi) is 7.55. The van der Waals surface area contributed by atoms with Crippen LogP contribution in [0.2, 0.25) is 0 Å². The van der Waals surface area contributed by atoms with Crippen LogP contribution in [0.1, 0.15) is 56.7 Å². The van der Waals surface area contributed by atoms with E-state index in [1.807, 2.05) is 25.1 Å². The van der Waals surface area contributed by atoms with E-state index in [0.29, 0.717) is 37.3 Å². The largest absolute Gasteiger partial charge is 0.388 e. The zero-order chi connectivity index (χ0) is 22.1. The Labute approximate surface area is 194 Å². The maximum absolute atomic E-state index is 14.6. The lowest BCUT2D eigenvalue weighted by molar-refractivity contribution is -0.118. The van der Waals surface area contributed by atoms with Crippen molar-refractivity contribution in [2.75, 3.05) is 11.9 Å². The van der Waals surface area contributed by atoms with Gasteiger partial charge in [0.15, 0.2) is 0 Å². The van der Waals surface area contributed by atoms with Gasteiger partial charge in [0, 0.05) is 19.2 Å². The van der Waals surface area contributed by atoms with Crippen molar-refractivity contribution in [2.24, 2.45) is 11.7 Å². The molecule has 1 saturated carbocycles. The van der Waals surface area contributed by atoms with Crippen LogP contribution in [0.3, 0.4) is 0 Å². The number of rotatable bonds is 8. The highest BCUT2D eigenvalue weighted by molar-refractivity contribution is 5.95. The van der Waals surface area contributed by atoms with Gasteiger partial charge in [-0.3, -0.25) is 9.78 Å². The molecular weight excluding hydrogens is 431 g/mol. The predicted octanol–water partition coefficient (Wildman–Crippen LogP) is 3.48. The topological polar surface area (TPSA) is 100 Å². The van der Waals surface area contributed by atoms with Gasteiger partial charge in [-0.2, -0.15) is 0 Å². The molecule has 1 aromatic carbocycles. The minimum atomic E-state index is -0.906. The minimum Gasteiger partial charge on any atom is -0.388 e. The third kappa shape index (κ3) is 5.29. The number of pyridine rings is 1. The average Bonchev–Trinajstić information content (AvgIpc) is 3.53. The number of hydrogen-bond acceptors (Lipinski definition) is 5. The van der Waals surface area contributed by atoms with Crippen LogP contribution in [-0.4, -0.2) is 34.2 Å². The van der Waals surface area contributed by atoms with E-state index in [1.165, 1.54) is 18.9 Å². The Balaban J connectivity index is 0.00000289. The standard InChI is InChI=1S/C24H31FN4O2.ClH/c1-2-23(31)14-20(28-15-23)22(30)29-19-13-17(8-9-18(19)25)24(26,11-10-16-6-7-16)21-5-3-4-12-27-21;/h3-5,8-9,12-13,16,20,28,31H,2,6-7,10-11,14-15,26H2,1H3,(H,29,30);1H/t20-,23?,24?;/m1./s1. The number of anilines is 1. The van der Waals surface area contributed by atoms with Crippen LogP contribution < -0.4 is 16.4 Å². The summed E-state index contributed by atoms with van der Waals surface area (Å²) < 4.78 is 14.6. The summed E-state index contributed by atoms with van der Waals surface area (Å²) in [6, 6.07) is 9.70. The quantitative estimate of drug-likeness (QED) is 0.481. The Morgan fingerprint density at radius 3 is 2.78 bits per heavy atom. The number of amides is 1. The molecule has 0 radical (unpaired) electrons. The molecular formula is C24H32ClFN4O2. The van der Waals surface area contributed by atoms with Gasteiger partial charge in [-0.05, 0) is 55.0 Å². The first kappa shape index (κ1) is 24.6. The van der Waals surface area contributed by atoms with E-state index >= 15 is 0 Å². The van der Waals surface area contributed by atoms with Crippen LogP contribution in [-0.2, 0) is 10.3 Å². The van der Waals surface area contributed by atoms with Gasteiger partial charge in [-0.15, -0.1) is 12.4 Å². The highest BCUT2D eigenvalue weighted by Crippen LogP contribution is 2.40.